The number of pyridine rings is 1. The highest BCUT2D eigenvalue weighted by Gasteiger charge is 2.32. The van der Waals surface area contributed by atoms with E-state index in [-0.39, 0.29) is 11.5 Å². The van der Waals surface area contributed by atoms with Crippen molar-refractivity contribution in [3.05, 3.63) is 28.5 Å². The summed E-state index contributed by atoms with van der Waals surface area (Å²) in [7, 11) is 0. The predicted molar refractivity (Wildman–Crippen MR) is 76.5 cm³/mol. The van der Waals surface area contributed by atoms with Gasteiger partial charge in [-0.3, -0.25) is 4.98 Å². The number of nitrogens with zero attached hydrogens (tertiary/aromatic N) is 1. The van der Waals surface area contributed by atoms with Gasteiger partial charge in [0.25, 0.3) is 0 Å². The molecule has 0 aliphatic rings. The van der Waals surface area contributed by atoms with Crippen molar-refractivity contribution in [2.75, 3.05) is 6.61 Å². The molecule has 1 aromatic rings. The molecule has 2 unspecified atom stereocenters. The minimum atomic E-state index is -0.543. The maximum absolute atomic E-state index is 10.3. The number of halogens is 1. The molecule has 0 saturated carbocycles. The van der Waals surface area contributed by atoms with Crippen molar-refractivity contribution in [2.24, 2.45) is 5.41 Å². The van der Waals surface area contributed by atoms with Gasteiger partial charge in [0.1, 0.15) is 0 Å². The largest absolute Gasteiger partial charge is 0.390 e. The van der Waals surface area contributed by atoms with E-state index in [9.17, 15) is 5.11 Å². The molecule has 102 valence electrons. The zero-order valence-electron chi connectivity index (χ0n) is 11.5. The number of hydrogen-bond acceptors (Lipinski definition) is 3. The fraction of sp³-hybridized carbons (Fsp3) is 0.643. The molecule has 0 bridgehead atoms. The molecule has 4 heteroatoms. The Balaban J connectivity index is 2.72. The van der Waals surface area contributed by atoms with Gasteiger partial charge in [0, 0.05) is 29.4 Å². The van der Waals surface area contributed by atoms with E-state index in [1.807, 2.05) is 19.1 Å². The summed E-state index contributed by atoms with van der Waals surface area (Å²) in [6, 6.07) is 3.85. The maximum atomic E-state index is 10.3. The minimum Gasteiger partial charge on any atom is -0.390 e. The summed E-state index contributed by atoms with van der Waals surface area (Å²) < 4.78 is 6.62. The van der Waals surface area contributed by atoms with E-state index in [4.69, 9.17) is 4.74 Å². The first-order valence-electron chi connectivity index (χ1n) is 6.24. The summed E-state index contributed by atoms with van der Waals surface area (Å²) in [5, 5.41) is 10.3. The standard InChI is InChI=1S/C14H22BrNO2/c1-5-18-13(14(2,3)4)12(17)8-11-7-6-10(15)9-16-11/h6-7,9,12-13,17H,5,8H2,1-4H3. The summed E-state index contributed by atoms with van der Waals surface area (Å²) in [4.78, 5) is 4.28. The van der Waals surface area contributed by atoms with Crippen LogP contribution in [0.1, 0.15) is 33.4 Å². The third-order valence-electron chi connectivity index (χ3n) is 2.76. The van der Waals surface area contributed by atoms with Crippen molar-refractivity contribution < 1.29 is 9.84 Å². The van der Waals surface area contributed by atoms with Crippen molar-refractivity contribution in [1.29, 1.82) is 0 Å². The van der Waals surface area contributed by atoms with Crippen LogP contribution < -0.4 is 0 Å². The lowest BCUT2D eigenvalue weighted by atomic mass is 9.84. The Hall–Kier alpha value is -0.450. The van der Waals surface area contributed by atoms with Gasteiger partial charge in [-0.1, -0.05) is 20.8 Å². The van der Waals surface area contributed by atoms with Crippen molar-refractivity contribution in [3.8, 4) is 0 Å². The van der Waals surface area contributed by atoms with Gasteiger partial charge >= 0.3 is 0 Å². The number of ether oxygens (including phenoxy) is 1. The molecule has 1 heterocycles. The van der Waals surface area contributed by atoms with Crippen LogP contribution in [0.15, 0.2) is 22.8 Å². The van der Waals surface area contributed by atoms with Crippen molar-refractivity contribution in [1.82, 2.24) is 4.98 Å². The molecule has 0 spiro atoms. The molecule has 0 aromatic carbocycles. The van der Waals surface area contributed by atoms with Gasteiger partial charge in [0.05, 0.1) is 12.2 Å². The molecule has 0 saturated heterocycles. The molecule has 0 fully saturated rings. The zero-order valence-corrected chi connectivity index (χ0v) is 13.1. The molecule has 0 amide bonds. The Kier molecular flexibility index (Phi) is 5.76. The SMILES string of the molecule is CCOC(C(O)Cc1ccc(Br)cn1)C(C)(C)C. The molecular weight excluding hydrogens is 294 g/mol. The van der Waals surface area contributed by atoms with Crippen LogP contribution in [0.3, 0.4) is 0 Å². The first kappa shape index (κ1) is 15.6. The summed E-state index contributed by atoms with van der Waals surface area (Å²) >= 11 is 3.35. The lowest BCUT2D eigenvalue weighted by molar-refractivity contribution is -0.0876. The van der Waals surface area contributed by atoms with Crippen LogP contribution in [0, 0.1) is 5.41 Å². The van der Waals surface area contributed by atoms with Crippen LogP contribution in [0.25, 0.3) is 0 Å². The summed E-state index contributed by atoms with van der Waals surface area (Å²) in [5.74, 6) is 0. The molecule has 0 aliphatic carbocycles. The molecule has 2 atom stereocenters. The fourth-order valence-corrected chi connectivity index (χ4v) is 2.20. The van der Waals surface area contributed by atoms with Gasteiger partial charge < -0.3 is 9.84 Å². The van der Waals surface area contributed by atoms with Crippen LogP contribution in [-0.2, 0) is 11.2 Å². The lowest BCUT2D eigenvalue weighted by Gasteiger charge is -2.34. The summed E-state index contributed by atoms with van der Waals surface area (Å²) in [6.07, 6.45) is 1.52. The maximum Gasteiger partial charge on any atom is 0.0885 e. The van der Waals surface area contributed by atoms with E-state index >= 15 is 0 Å². The van der Waals surface area contributed by atoms with Crippen molar-refractivity contribution in [2.45, 2.75) is 46.3 Å². The van der Waals surface area contributed by atoms with E-state index in [1.165, 1.54) is 0 Å². The Bertz CT molecular complexity index is 359. The quantitative estimate of drug-likeness (QED) is 0.907. The van der Waals surface area contributed by atoms with Crippen LogP contribution in [0.4, 0.5) is 0 Å². The average molecular weight is 316 g/mol. The lowest BCUT2D eigenvalue weighted by Crippen LogP contribution is -2.41. The molecular formula is C14H22BrNO2. The second-order valence-electron chi connectivity index (χ2n) is 5.48. The number of aliphatic hydroxyl groups is 1. The van der Waals surface area contributed by atoms with Crippen LogP contribution in [-0.4, -0.2) is 28.9 Å². The highest BCUT2D eigenvalue weighted by atomic mass is 79.9. The van der Waals surface area contributed by atoms with Gasteiger partial charge in [-0.05, 0) is 40.4 Å². The predicted octanol–water partition coefficient (Wildman–Crippen LogP) is 3.20. The van der Waals surface area contributed by atoms with Gasteiger partial charge in [-0.15, -0.1) is 0 Å². The Morgan fingerprint density at radius 3 is 2.50 bits per heavy atom. The number of aliphatic hydroxyl groups excluding tert-OH is 1. The van der Waals surface area contributed by atoms with Gasteiger partial charge in [0.2, 0.25) is 0 Å². The van der Waals surface area contributed by atoms with Crippen LogP contribution >= 0.6 is 15.9 Å². The van der Waals surface area contributed by atoms with E-state index in [0.29, 0.717) is 13.0 Å². The average Bonchev–Trinajstić information content (AvgIpc) is 2.27. The van der Waals surface area contributed by atoms with Crippen molar-refractivity contribution >= 4 is 15.9 Å². The summed E-state index contributed by atoms with van der Waals surface area (Å²) in [5.41, 5.74) is 0.782. The zero-order chi connectivity index (χ0) is 13.8. The third kappa shape index (κ3) is 4.67. The Morgan fingerprint density at radius 2 is 2.06 bits per heavy atom. The Morgan fingerprint density at radius 1 is 1.39 bits per heavy atom. The number of rotatable bonds is 5. The normalized spacial score (nSPS) is 15.4. The van der Waals surface area contributed by atoms with Crippen LogP contribution in [0.2, 0.25) is 0 Å². The minimum absolute atomic E-state index is 0.0925. The van der Waals surface area contributed by atoms with E-state index < -0.39 is 6.10 Å². The van der Waals surface area contributed by atoms with E-state index in [0.717, 1.165) is 10.2 Å². The van der Waals surface area contributed by atoms with Gasteiger partial charge in [0.15, 0.2) is 0 Å². The molecule has 0 aliphatic heterocycles. The second-order valence-corrected chi connectivity index (χ2v) is 6.40. The molecule has 1 N–H and O–H groups in total. The highest BCUT2D eigenvalue weighted by Crippen LogP contribution is 2.26. The molecule has 0 radical (unpaired) electrons. The molecule has 3 nitrogen and oxygen atoms in total. The first-order chi connectivity index (χ1) is 8.34. The first-order valence-corrected chi connectivity index (χ1v) is 7.04. The fourth-order valence-electron chi connectivity index (χ4n) is 1.97. The van der Waals surface area contributed by atoms with Crippen molar-refractivity contribution in [3.63, 3.8) is 0 Å². The number of hydrogen-bond donors (Lipinski definition) is 1. The Labute approximate surface area is 118 Å². The molecule has 1 rings (SSSR count). The number of aromatic nitrogens is 1. The van der Waals surface area contributed by atoms with E-state index in [1.54, 1.807) is 6.20 Å². The smallest absolute Gasteiger partial charge is 0.0885 e. The monoisotopic (exact) mass is 315 g/mol. The van der Waals surface area contributed by atoms with Gasteiger partial charge in [-0.2, -0.15) is 0 Å². The third-order valence-corrected chi connectivity index (χ3v) is 3.23. The van der Waals surface area contributed by atoms with Crippen LogP contribution in [0.5, 0.6) is 0 Å². The van der Waals surface area contributed by atoms with Gasteiger partial charge in [-0.25, -0.2) is 0 Å². The van der Waals surface area contributed by atoms with E-state index in [2.05, 4.69) is 41.7 Å². The second kappa shape index (κ2) is 6.64. The molecule has 18 heavy (non-hydrogen) atoms. The highest BCUT2D eigenvalue weighted by molar-refractivity contribution is 9.10. The molecule has 1 aromatic heterocycles. The summed E-state index contributed by atoms with van der Waals surface area (Å²) in [6.45, 7) is 8.78. The topological polar surface area (TPSA) is 42.4 Å².